The van der Waals surface area contributed by atoms with Crippen LogP contribution in [0.4, 0.5) is 8.78 Å². The fourth-order valence-corrected chi connectivity index (χ4v) is 2.88. The van der Waals surface area contributed by atoms with Crippen molar-refractivity contribution >= 4 is 24.8 Å². The van der Waals surface area contributed by atoms with Crippen molar-refractivity contribution in [3.05, 3.63) is 35.4 Å². The molecule has 0 aromatic heterocycles. The van der Waals surface area contributed by atoms with Crippen molar-refractivity contribution in [2.75, 3.05) is 26.2 Å². The number of hydrogen-bond acceptors (Lipinski definition) is 2. The number of piperazine rings is 1. The van der Waals surface area contributed by atoms with E-state index < -0.39 is 0 Å². The zero-order chi connectivity index (χ0) is 14.0. The van der Waals surface area contributed by atoms with Crippen LogP contribution in [0.3, 0.4) is 0 Å². The molecule has 0 amide bonds. The molecular formula is C15H24Cl2F2N2. The van der Waals surface area contributed by atoms with Gasteiger partial charge >= 0.3 is 0 Å². The predicted molar refractivity (Wildman–Crippen MR) is 87.5 cm³/mol. The molecular weight excluding hydrogens is 317 g/mol. The monoisotopic (exact) mass is 340 g/mol. The summed E-state index contributed by atoms with van der Waals surface area (Å²) in [6, 6.07) is 3.64. The van der Waals surface area contributed by atoms with Gasteiger partial charge in [-0.05, 0) is 23.6 Å². The lowest BCUT2D eigenvalue weighted by Crippen LogP contribution is -2.48. The maximum Gasteiger partial charge on any atom is 0.128 e. The first-order valence-electron chi connectivity index (χ1n) is 6.79. The van der Waals surface area contributed by atoms with Gasteiger partial charge in [-0.25, -0.2) is 8.78 Å². The Morgan fingerprint density at radius 3 is 2.19 bits per heavy atom. The molecule has 0 spiro atoms. The van der Waals surface area contributed by atoms with Crippen LogP contribution in [0.1, 0.15) is 32.4 Å². The molecule has 1 aromatic carbocycles. The highest BCUT2D eigenvalue weighted by atomic mass is 35.5. The van der Waals surface area contributed by atoms with Crippen LogP contribution >= 0.6 is 24.8 Å². The van der Waals surface area contributed by atoms with Gasteiger partial charge in [-0.2, -0.15) is 0 Å². The molecule has 0 aliphatic carbocycles. The zero-order valence-electron chi connectivity index (χ0n) is 12.7. The van der Waals surface area contributed by atoms with Crippen molar-refractivity contribution in [2.45, 2.75) is 26.8 Å². The molecule has 21 heavy (non-hydrogen) atoms. The highest BCUT2D eigenvalue weighted by Gasteiger charge is 2.34. The second-order valence-corrected chi connectivity index (χ2v) is 6.22. The van der Waals surface area contributed by atoms with Gasteiger partial charge in [0.05, 0.1) is 0 Å². The minimum absolute atomic E-state index is 0. The normalized spacial score (nSPS) is 17.6. The van der Waals surface area contributed by atoms with E-state index in [0.29, 0.717) is 5.56 Å². The van der Waals surface area contributed by atoms with Crippen LogP contribution in [0.5, 0.6) is 0 Å². The van der Waals surface area contributed by atoms with E-state index in [4.69, 9.17) is 0 Å². The van der Waals surface area contributed by atoms with Gasteiger partial charge in [-0.3, -0.25) is 4.90 Å². The van der Waals surface area contributed by atoms with E-state index in [2.05, 4.69) is 31.0 Å². The van der Waals surface area contributed by atoms with Crippen molar-refractivity contribution in [3.8, 4) is 0 Å². The van der Waals surface area contributed by atoms with Crippen molar-refractivity contribution in [3.63, 3.8) is 0 Å². The second-order valence-electron chi connectivity index (χ2n) is 6.22. The predicted octanol–water partition coefficient (Wildman–Crippen LogP) is 3.80. The summed E-state index contributed by atoms with van der Waals surface area (Å²) in [4.78, 5) is 2.24. The van der Waals surface area contributed by atoms with Crippen LogP contribution in [-0.4, -0.2) is 31.1 Å². The summed E-state index contributed by atoms with van der Waals surface area (Å²) in [6.45, 7) is 9.72. The Morgan fingerprint density at radius 2 is 1.67 bits per heavy atom. The molecule has 2 nitrogen and oxygen atoms in total. The Balaban J connectivity index is 0.00000200. The molecule has 1 fully saturated rings. The third-order valence-electron chi connectivity index (χ3n) is 3.59. The molecule has 1 N–H and O–H groups in total. The molecule has 0 bridgehead atoms. The number of benzene rings is 1. The Hall–Kier alpha value is -0.420. The first-order valence-corrected chi connectivity index (χ1v) is 6.79. The third kappa shape index (κ3) is 5.06. The maximum absolute atomic E-state index is 14.1. The molecule has 0 unspecified atom stereocenters. The molecule has 2 rings (SSSR count). The van der Waals surface area contributed by atoms with Crippen molar-refractivity contribution in [1.29, 1.82) is 0 Å². The van der Waals surface area contributed by atoms with Crippen molar-refractivity contribution in [1.82, 2.24) is 10.2 Å². The third-order valence-corrected chi connectivity index (χ3v) is 3.59. The Labute approximate surface area is 138 Å². The lowest BCUT2D eigenvalue weighted by atomic mass is 9.80. The summed E-state index contributed by atoms with van der Waals surface area (Å²) in [6.07, 6.45) is 0. The summed E-state index contributed by atoms with van der Waals surface area (Å²) in [7, 11) is 0. The quantitative estimate of drug-likeness (QED) is 0.880. The van der Waals surface area contributed by atoms with Gasteiger partial charge in [0.1, 0.15) is 11.6 Å². The Kier molecular flexibility index (Phi) is 8.11. The van der Waals surface area contributed by atoms with Crippen LogP contribution in [0.15, 0.2) is 18.2 Å². The second kappa shape index (κ2) is 8.28. The minimum atomic E-state index is -0.374. The van der Waals surface area contributed by atoms with E-state index in [1.54, 1.807) is 0 Å². The van der Waals surface area contributed by atoms with Gasteiger partial charge in [0.25, 0.3) is 0 Å². The smallest absolute Gasteiger partial charge is 0.128 e. The van der Waals surface area contributed by atoms with Crippen LogP contribution < -0.4 is 5.32 Å². The average molecular weight is 341 g/mol. The van der Waals surface area contributed by atoms with Gasteiger partial charge < -0.3 is 5.32 Å². The molecule has 0 radical (unpaired) electrons. The number of halogens is 4. The van der Waals surface area contributed by atoms with Crippen LogP contribution in [-0.2, 0) is 0 Å². The maximum atomic E-state index is 14.1. The van der Waals surface area contributed by atoms with E-state index in [-0.39, 0.29) is 47.9 Å². The Bertz CT molecular complexity index is 444. The van der Waals surface area contributed by atoms with E-state index in [0.717, 1.165) is 26.2 Å². The standard InChI is InChI=1S/C15H22F2N2.2ClH/c1-15(2,3)14(19-8-6-18-7-9-19)12-10-11(16)4-5-13(12)17;;/h4-5,10,14,18H,6-9H2,1-3H3;2*1H/t14-;;/m0../s1. The van der Waals surface area contributed by atoms with Gasteiger partial charge in [0, 0.05) is 37.8 Å². The van der Waals surface area contributed by atoms with Gasteiger partial charge in [0.15, 0.2) is 0 Å². The van der Waals surface area contributed by atoms with Crippen LogP contribution in [0.2, 0.25) is 0 Å². The van der Waals surface area contributed by atoms with Crippen LogP contribution in [0.25, 0.3) is 0 Å². The highest BCUT2D eigenvalue weighted by molar-refractivity contribution is 5.85. The molecule has 1 atom stereocenters. The molecule has 1 aliphatic heterocycles. The van der Waals surface area contributed by atoms with E-state index in [1.165, 1.54) is 18.2 Å². The summed E-state index contributed by atoms with van der Waals surface area (Å²) in [5.74, 6) is -0.694. The van der Waals surface area contributed by atoms with Gasteiger partial charge in [-0.15, -0.1) is 24.8 Å². The van der Waals surface area contributed by atoms with E-state index in [1.807, 2.05) is 0 Å². The molecule has 122 valence electrons. The summed E-state index contributed by atoms with van der Waals surface area (Å²) in [5.41, 5.74) is 0.320. The summed E-state index contributed by atoms with van der Waals surface area (Å²) >= 11 is 0. The topological polar surface area (TPSA) is 15.3 Å². The van der Waals surface area contributed by atoms with Crippen molar-refractivity contribution in [2.24, 2.45) is 5.41 Å². The fraction of sp³-hybridized carbons (Fsp3) is 0.600. The fourth-order valence-electron chi connectivity index (χ4n) is 2.88. The number of nitrogens with zero attached hydrogens (tertiary/aromatic N) is 1. The van der Waals surface area contributed by atoms with Gasteiger partial charge in [0.2, 0.25) is 0 Å². The van der Waals surface area contributed by atoms with Crippen molar-refractivity contribution < 1.29 is 8.78 Å². The largest absolute Gasteiger partial charge is 0.314 e. The van der Waals surface area contributed by atoms with Gasteiger partial charge in [-0.1, -0.05) is 20.8 Å². The molecule has 1 aromatic rings. The average Bonchev–Trinajstić information content (AvgIpc) is 2.33. The first kappa shape index (κ1) is 20.6. The molecule has 6 heteroatoms. The SMILES string of the molecule is CC(C)(C)[C@H](c1cc(F)ccc1F)N1CCNCC1.Cl.Cl. The summed E-state index contributed by atoms with van der Waals surface area (Å²) in [5, 5.41) is 3.29. The number of nitrogens with one attached hydrogen (secondary N) is 1. The minimum Gasteiger partial charge on any atom is -0.314 e. The molecule has 0 saturated carbocycles. The summed E-state index contributed by atoms with van der Waals surface area (Å²) < 4.78 is 27.6. The molecule has 1 heterocycles. The highest BCUT2D eigenvalue weighted by Crippen LogP contribution is 2.39. The first-order chi connectivity index (χ1) is 8.89. The molecule has 1 saturated heterocycles. The lowest BCUT2D eigenvalue weighted by Gasteiger charge is -2.42. The van der Waals surface area contributed by atoms with E-state index in [9.17, 15) is 8.78 Å². The zero-order valence-corrected chi connectivity index (χ0v) is 14.3. The number of hydrogen-bond donors (Lipinski definition) is 1. The lowest BCUT2D eigenvalue weighted by molar-refractivity contribution is 0.0832. The Morgan fingerprint density at radius 1 is 1.10 bits per heavy atom. The van der Waals surface area contributed by atoms with E-state index >= 15 is 0 Å². The van der Waals surface area contributed by atoms with Crippen LogP contribution in [0, 0.1) is 17.0 Å². The number of rotatable bonds is 2. The molecule has 1 aliphatic rings.